The maximum absolute atomic E-state index is 13.1. The number of nitro groups is 1. The van der Waals surface area contributed by atoms with Crippen molar-refractivity contribution < 1.29 is 29.1 Å². The van der Waals surface area contributed by atoms with Crippen LogP contribution in [0.2, 0.25) is 0 Å². The minimum absolute atomic E-state index is 0.00799. The zero-order valence-corrected chi connectivity index (χ0v) is 18.3. The van der Waals surface area contributed by atoms with Crippen LogP contribution in [0.25, 0.3) is 5.76 Å². The molecular formula is C24H24N2O7. The van der Waals surface area contributed by atoms with Crippen molar-refractivity contribution in [2.24, 2.45) is 0 Å². The van der Waals surface area contributed by atoms with Gasteiger partial charge in [0.15, 0.2) is 0 Å². The number of methoxy groups -OCH3 is 1. The van der Waals surface area contributed by atoms with E-state index in [-0.39, 0.29) is 29.7 Å². The van der Waals surface area contributed by atoms with Crippen LogP contribution in [-0.2, 0) is 20.7 Å². The molecule has 9 nitrogen and oxygen atoms in total. The van der Waals surface area contributed by atoms with Crippen molar-refractivity contribution in [3.63, 3.8) is 0 Å². The third-order valence-electron chi connectivity index (χ3n) is 5.85. The van der Waals surface area contributed by atoms with Gasteiger partial charge in [-0.3, -0.25) is 19.7 Å². The van der Waals surface area contributed by atoms with Gasteiger partial charge < -0.3 is 19.5 Å². The Morgan fingerprint density at radius 1 is 1.27 bits per heavy atom. The molecule has 2 aliphatic rings. The second-order valence-corrected chi connectivity index (χ2v) is 8.15. The Morgan fingerprint density at radius 3 is 2.79 bits per heavy atom. The quantitative estimate of drug-likeness (QED) is 0.171. The van der Waals surface area contributed by atoms with E-state index >= 15 is 0 Å². The molecule has 4 rings (SSSR count). The number of rotatable bonds is 7. The van der Waals surface area contributed by atoms with Gasteiger partial charge in [0.25, 0.3) is 17.4 Å². The summed E-state index contributed by atoms with van der Waals surface area (Å²) in [5.74, 6) is -1.19. The van der Waals surface area contributed by atoms with Crippen LogP contribution in [0.15, 0.2) is 48.0 Å². The van der Waals surface area contributed by atoms with Gasteiger partial charge >= 0.3 is 0 Å². The van der Waals surface area contributed by atoms with Crippen LogP contribution in [0.4, 0.5) is 5.69 Å². The molecule has 0 radical (unpaired) electrons. The van der Waals surface area contributed by atoms with E-state index in [0.717, 1.165) is 5.56 Å². The van der Waals surface area contributed by atoms with Crippen LogP contribution in [-0.4, -0.2) is 53.0 Å². The number of fused-ring (bicyclic) bond motifs is 1. The second kappa shape index (κ2) is 9.03. The zero-order chi connectivity index (χ0) is 23.7. The number of ketones is 1. The normalized spacial score (nSPS) is 21.2. The molecule has 2 unspecified atom stereocenters. The monoisotopic (exact) mass is 452 g/mol. The fourth-order valence-corrected chi connectivity index (χ4v) is 4.37. The number of carbonyl (C=O) groups excluding carboxylic acids is 2. The lowest BCUT2D eigenvalue weighted by Crippen LogP contribution is -2.31. The van der Waals surface area contributed by atoms with Crippen molar-refractivity contribution in [1.29, 1.82) is 0 Å². The van der Waals surface area contributed by atoms with Crippen LogP contribution in [0.5, 0.6) is 5.75 Å². The SMILES string of the molecule is COCCCN1C(=O)C(=O)C(=C(O)c2ccc3c(c2)CC(C)O3)C1c1cccc([N+](=O)[O-])c1. The Kier molecular flexibility index (Phi) is 6.15. The summed E-state index contributed by atoms with van der Waals surface area (Å²) in [6, 6.07) is 9.92. The zero-order valence-electron chi connectivity index (χ0n) is 18.3. The largest absolute Gasteiger partial charge is 0.507 e. The van der Waals surface area contributed by atoms with Gasteiger partial charge in [0.05, 0.1) is 16.5 Å². The van der Waals surface area contributed by atoms with Gasteiger partial charge in [-0.1, -0.05) is 12.1 Å². The fraction of sp³-hybridized carbons (Fsp3) is 0.333. The molecule has 172 valence electrons. The Morgan fingerprint density at radius 2 is 2.06 bits per heavy atom. The summed E-state index contributed by atoms with van der Waals surface area (Å²) in [6.07, 6.45) is 1.13. The number of nitro benzene ring substituents is 1. The highest BCUT2D eigenvalue weighted by Crippen LogP contribution is 2.41. The summed E-state index contributed by atoms with van der Waals surface area (Å²) in [6.45, 7) is 2.50. The average Bonchev–Trinajstić information content (AvgIpc) is 3.29. The number of hydrogen-bond donors (Lipinski definition) is 1. The van der Waals surface area contributed by atoms with Gasteiger partial charge in [-0.15, -0.1) is 0 Å². The minimum atomic E-state index is -0.954. The van der Waals surface area contributed by atoms with Crippen molar-refractivity contribution in [2.45, 2.75) is 31.9 Å². The second-order valence-electron chi connectivity index (χ2n) is 8.15. The molecule has 33 heavy (non-hydrogen) atoms. The van der Waals surface area contributed by atoms with E-state index < -0.39 is 22.7 Å². The maximum Gasteiger partial charge on any atom is 0.295 e. The Hall–Kier alpha value is -3.72. The minimum Gasteiger partial charge on any atom is -0.507 e. The van der Waals surface area contributed by atoms with E-state index in [1.54, 1.807) is 24.3 Å². The van der Waals surface area contributed by atoms with E-state index in [9.17, 15) is 24.8 Å². The molecule has 0 saturated carbocycles. The summed E-state index contributed by atoms with van der Waals surface area (Å²) in [5.41, 5.74) is 1.40. The first-order chi connectivity index (χ1) is 15.8. The fourth-order valence-electron chi connectivity index (χ4n) is 4.37. The summed E-state index contributed by atoms with van der Waals surface area (Å²) in [7, 11) is 1.53. The predicted molar refractivity (Wildman–Crippen MR) is 119 cm³/mol. The van der Waals surface area contributed by atoms with Crippen LogP contribution in [0, 0.1) is 10.1 Å². The molecule has 0 spiro atoms. The van der Waals surface area contributed by atoms with Crippen molar-refractivity contribution in [2.75, 3.05) is 20.3 Å². The van der Waals surface area contributed by atoms with E-state index in [4.69, 9.17) is 9.47 Å². The molecule has 0 bridgehead atoms. The van der Waals surface area contributed by atoms with E-state index in [1.807, 2.05) is 6.92 Å². The summed E-state index contributed by atoms with van der Waals surface area (Å²) >= 11 is 0. The Balaban J connectivity index is 1.83. The number of ether oxygens (including phenoxy) is 2. The summed E-state index contributed by atoms with van der Waals surface area (Å²) < 4.78 is 10.8. The lowest BCUT2D eigenvalue weighted by Gasteiger charge is -2.25. The predicted octanol–water partition coefficient (Wildman–Crippen LogP) is 3.38. The van der Waals surface area contributed by atoms with E-state index in [1.165, 1.54) is 30.2 Å². The van der Waals surface area contributed by atoms with Crippen LogP contribution in [0.1, 0.15) is 36.1 Å². The highest BCUT2D eigenvalue weighted by Gasteiger charge is 2.46. The smallest absolute Gasteiger partial charge is 0.295 e. The first-order valence-electron chi connectivity index (χ1n) is 10.6. The Labute approximate surface area is 190 Å². The number of non-ortho nitro benzene ring substituents is 1. The van der Waals surface area contributed by atoms with E-state index in [0.29, 0.717) is 36.3 Å². The lowest BCUT2D eigenvalue weighted by molar-refractivity contribution is -0.384. The molecule has 2 aliphatic heterocycles. The third kappa shape index (κ3) is 4.19. The number of hydrogen-bond acceptors (Lipinski definition) is 7. The molecule has 1 saturated heterocycles. The molecule has 1 fully saturated rings. The van der Waals surface area contributed by atoms with Crippen molar-refractivity contribution in [3.05, 3.63) is 74.8 Å². The molecule has 0 aromatic heterocycles. The number of likely N-dealkylation sites (tertiary alicyclic amines) is 1. The number of benzene rings is 2. The Bertz CT molecular complexity index is 1160. The number of carbonyl (C=O) groups is 2. The topological polar surface area (TPSA) is 119 Å². The number of nitrogens with zero attached hydrogens (tertiary/aromatic N) is 2. The standard InChI is InChI=1S/C24H24N2O7/c1-14-11-17-12-16(7-8-19(17)33-14)22(27)20-21(15-5-3-6-18(13-15)26(30)31)25(9-4-10-32-2)24(29)23(20)28/h3,5-8,12-14,21,27H,4,9-11H2,1-2H3. The van der Waals surface area contributed by atoms with Gasteiger partial charge in [-0.05, 0) is 42.7 Å². The summed E-state index contributed by atoms with van der Waals surface area (Å²) in [5, 5.41) is 22.5. The van der Waals surface area contributed by atoms with Crippen LogP contribution >= 0.6 is 0 Å². The number of Topliss-reactive ketones (excluding diaryl/α,β-unsaturated/α-hetero) is 1. The molecule has 2 aromatic rings. The number of aliphatic hydroxyl groups is 1. The van der Waals surface area contributed by atoms with E-state index in [2.05, 4.69) is 0 Å². The van der Waals surface area contributed by atoms with Gasteiger partial charge in [-0.25, -0.2) is 0 Å². The maximum atomic E-state index is 13.1. The van der Waals surface area contributed by atoms with Gasteiger partial charge in [-0.2, -0.15) is 0 Å². The molecule has 2 heterocycles. The van der Waals surface area contributed by atoms with Crippen LogP contribution < -0.4 is 4.74 Å². The lowest BCUT2D eigenvalue weighted by atomic mass is 9.94. The van der Waals surface area contributed by atoms with Crippen molar-refractivity contribution in [3.8, 4) is 5.75 Å². The first-order valence-corrected chi connectivity index (χ1v) is 10.6. The molecule has 1 N–H and O–H groups in total. The van der Waals surface area contributed by atoms with Gasteiger partial charge in [0.2, 0.25) is 0 Å². The van der Waals surface area contributed by atoms with Gasteiger partial charge in [0.1, 0.15) is 17.6 Å². The molecule has 1 amide bonds. The van der Waals surface area contributed by atoms with Crippen molar-refractivity contribution >= 4 is 23.1 Å². The molecule has 2 atom stereocenters. The third-order valence-corrected chi connectivity index (χ3v) is 5.85. The number of aliphatic hydroxyl groups excluding tert-OH is 1. The van der Waals surface area contributed by atoms with Gasteiger partial charge in [0, 0.05) is 44.4 Å². The molecule has 9 heteroatoms. The van der Waals surface area contributed by atoms with Crippen LogP contribution in [0.3, 0.4) is 0 Å². The first kappa shape index (κ1) is 22.5. The molecular weight excluding hydrogens is 428 g/mol. The highest BCUT2D eigenvalue weighted by molar-refractivity contribution is 6.46. The summed E-state index contributed by atoms with van der Waals surface area (Å²) in [4.78, 5) is 38.1. The van der Waals surface area contributed by atoms with Crippen molar-refractivity contribution in [1.82, 2.24) is 4.90 Å². The molecule has 2 aromatic carbocycles. The number of amides is 1. The average molecular weight is 452 g/mol. The highest BCUT2D eigenvalue weighted by atomic mass is 16.6. The molecule has 0 aliphatic carbocycles.